The Morgan fingerprint density at radius 1 is 1.30 bits per heavy atom. The molecule has 0 spiro atoms. The van der Waals surface area contributed by atoms with E-state index in [2.05, 4.69) is 4.72 Å². The Hall–Kier alpha value is -0.660. The smallest absolute Gasteiger partial charge is 0.280 e. The second-order valence-electron chi connectivity index (χ2n) is 4.95. The maximum Gasteiger partial charge on any atom is 0.280 e. The normalized spacial score (nSPS) is 21.0. The summed E-state index contributed by atoms with van der Waals surface area (Å²) in [5, 5.41) is 0.635. The van der Waals surface area contributed by atoms with Crippen LogP contribution in [-0.4, -0.2) is 31.9 Å². The molecular weight excluding hydrogens is 298 g/mol. The van der Waals surface area contributed by atoms with Crippen LogP contribution in [0.15, 0.2) is 24.3 Å². The first-order chi connectivity index (χ1) is 9.53. The van der Waals surface area contributed by atoms with Crippen LogP contribution in [0.1, 0.15) is 24.8 Å². The minimum absolute atomic E-state index is 0.0912. The zero-order chi connectivity index (χ0) is 14.6. The predicted octanol–water partition coefficient (Wildman–Crippen LogP) is 1.49. The van der Waals surface area contributed by atoms with Crippen LogP contribution < -0.4 is 10.5 Å². The lowest BCUT2D eigenvalue weighted by atomic mass is 10.1. The molecule has 20 heavy (non-hydrogen) atoms. The number of nitrogens with two attached hydrogens (primary N) is 1. The largest absolute Gasteiger partial charge is 0.329 e. The van der Waals surface area contributed by atoms with Gasteiger partial charge < -0.3 is 5.73 Å². The fourth-order valence-electron chi connectivity index (χ4n) is 2.39. The average Bonchev–Trinajstić information content (AvgIpc) is 2.46. The van der Waals surface area contributed by atoms with Crippen LogP contribution in [0, 0.1) is 0 Å². The van der Waals surface area contributed by atoms with Crippen molar-refractivity contribution in [1.29, 1.82) is 0 Å². The summed E-state index contributed by atoms with van der Waals surface area (Å²) in [7, 11) is -3.48. The number of nitrogens with zero attached hydrogens (tertiary/aromatic N) is 1. The Morgan fingerprint density at radius 3 is 2.65 bits per heavy atom. The zero-order valence-electron chi connectivity index (χ0n) is 11.3. The maximum absolute atomic E-state index is 12.3. The fraction of sp³-hybridized carbons (Fsp3) is 0.538. The van der Waals surface area contributed by atoms with Crippen LogP contribution in [0.25, 0.3) is 0 Å². The lowest BCUT2D eigenvalue weighted by Crippen LogP contribution is -2.51. The maximum atomic E-state index is 12.3. The van der Waals surface area contributed by atoms with Crippen molar-refractivity contribution in [2.75, 3.05) is 13.1 Å². The molecule has 1 aromatic carbocycles. The molecule has 1 saturated heterocycles. The van der Waals surface area contributed by atoms with E-state index in [0.717, 1.165) is 24.8 Å². The Labute approximate surface area is 125 Å². The Morgan fingerprint density at radius 2 is 2.00 bits per heavy atom. The molecular formula is C13H20ClN3O2S. The summed E-state index contributed by atoms with van der Waals surface area (Å²) in [6.07, 6.45) is 2.75. The van der Waals surface area contributed by atoms with Gasteiger partial charge in [0.1, 0.15) is 0 Å². The average molecular weight is 318 g/mol. The summed E-state index contributed by atoms with van der Waals surface area (Å²) in [4.78, 5) is 0. The van der Waals surface area contributed by atoms with Gasteiger partial charge in [0, 0.05) is 30.7 Å². The first-order valence-corrected chi connectivity index (χ1v) is 8.55. The third-order valence-electron chi connectivity index (χ3n) is 3.53. The molecule has 1 aromatic rings. The third kappa shape index (κ3) is 3.93. The van der Waals surface area contributed by atoms with Crippen LogP contribution in [0.5, 0.6) is 0 Å². The second-order valence-corrected chi connectivity index (χ2v) is 7.09. The van der Waals surface area contributed by atoms with Gasteiger partial charge in [-0.05, 0) is 30.5 Å². The molecule has 7 heteroatoms. The fourth-order valence-corrected chi connectivity index (χ4v) is 3.98. The molecule has 1 unspecified atom stereocenters. The number of nitrogens with one attached hydrogen (secondary N) is 1. The number of piperidine rings is 1. The van der Waals surface area contributed by atoms with Crippen molar-refractivity contribution < 1.29 is 8.42 Å². The van der Waals surface area contributed by atoms with Gasteiger partial charge in [-0.2, -0.15) is 17.4 Å². The summed E-state index contributed by atoms with van der Waals surface area (Å²) in [6, 6.07) is 7.01. The molecule has 0 amide bonds. The van der Waals surface area contributed by atoms with Crippen LogP contribution in [0.3, 0.4) is 0 Å². The van der Waals surface area contributed by atoms with Crippen LogP contribution in [0.4, 0.5) is 0 Å². The number of halogens is 1. The van der Waals surface area contributed by atoms with E-state index < -0.39 is 10.2 Å². The van der Waals surface area contributed by atoms with E-state index in [0.29, 0.717) is 18.1 Å². The van der Waals surface area contributed by atoms with Gasteiger partial charge >= 0.3 is 0 Å². The van der Waals surface area contributed by atoms with Gasteiger partial charge in [-0.25, -0.2) is 0 Å². The Balaban J connectivity index is 2.01. The highest BCUT2D eigenvalue weighted by Crippen LogP contribution is 2.19. The SMILES string of the molecule is NCC1CCCCN1S(=O)(=O)NCc1ccc(Cl)cc1. The van der Waals surface area contributed by atoms with Crippen molar-refractivity contribution in [2.24, 2.45) is 5.73 Å². The van der Waals surface area contributed by atoms with Crippen LogP contribution in [0.2, 0.25) is 5.02 Å². The van der Waals surface area contributed by atoms with E-state index in [1.807, 2.05) is 12.1 Å². The molecule has 3 N–H and O–H groups in total. The quantitative estimate of drug-likeness (QED) is 0.864. The van der Waals surface area contributed by atoms with Crippen molar-refractivity contribution >= 4 is 21.8 Å². The van der Waals surface area contributed by atoms with Gasteiger partial charge in [0.2, 0.25) is 0 Å². The van der Waals surface area contributed by atoms with Gasteiger partial charge in [-0.15, -0.1) is 0 Å². The first kappa shape index (κ1) is 15.7. The van der Waals surface area contributed by atoms with Crippen LogP contribution in [-0.2, 0) is 16.8 Å². The molecule has 0 bridgehead atoms. The van der Waals surface area contributed by atoms with Gasteiger partial charge in [0.25, 0.3) is 10.2 Å². The molecule has 0 aromatic heterocycles. The highest BCUT2D eigenvalue weighted by Gasteiger charge is 2.30. The number of hydrogen-bond donors (Lipinski definition) is 2. The monoisotopic (exact) mass is 317 g/mol. The van der Waals surface area contributed by atoms with E-state index >= 15 is 0 Å². The highest BCUT2D eigenvalue weighted by molar-refractivity contribution is 7.87. The van der Waals surface area contributed by atoms with Crippen molar-refractivity contribution in [2.45, 2.75) is 31.8 Å². The minimum atomic E-state index is -3.48. The Bertz CT molecular complexity index is 533. The van der Waals surface area contributed by atoms with Crippen molar-refractivity contribution in [3.8, 4) is 0 Å². The zero-order valence-corrected chi connectivity index (χ0v) is 12.8. The molecule has 0 saturated carbocycles. The van der Waals surface area contributed by atoms with E-state index in [1.165, 1.54) is 4.31 Å². The third-order valence-corrected chi connectivity index (χ3v) is 5.39. The molecule has 1 atom stereocenters. The lowest BCUT2D eigenvalue weighted by Gasteiger charge is -2.33. The standard InChI is InChI=1S/C13H20ClN3O2S/c14-12-6-4-11(5-7-12)10-16-20(18,19)17-8-2-1-3-13(17)9-15/h4-7,13,16H,1-3,8-10,15H2. The summed E-state index contributed by atoms with van der Waals surface area (Å²) < 4.78 is 28.8. The van der Waals surface area contributed by atoms with Gasteiger partial charge in [0.15, 0.2) is 0 Å². The van der Waals surface area contributed by atoms with Crippen molar-refractivity contribution in [1.82, 2.24) is 9.03 Å². The summed E-state index contributed by atoms with van der Waals surface area (Å²) in [5.74, 6) is 0. The molecule has 0 aliphatic carbocycles. The molecule has 1 aliphatic rings. The molecule has 5 nitrogen and oxygen atoms in total. The first-order valence-electron chi connectivity index (χ1n) is 6.74. The minimum Gasteiger partial charge on any atom is -0.329 e. The predicted molar refractivity (Wildman–Crippen MR) is 80.6 cm³/mol. The lowest BCUT2D eigenvalue weighted by molar-refractivity contribution is 0.254. The second kappa shape index (κ2) is 6.87. The van der Waals surface area contributed by atoms with Gasteiger partial charge in [-0.3, -0.25) is 0 Å². The summed E-state index contributed by atoms with van der Waals surface area (Å²) >= 11 is 5.80. The molecule has 2 rings (SSSR count). The van der Waals surface area contributed by atoms with Crippen molar-refractivity contribution in [3.05, 3.63) is 34.9 Å². The molecule has 112 valence electrons. The van der Waals surface area contributed by atoms with E-state index in [-0.39, 0.29) is 12.6 Å². The van der Waals surface area contributed by atoms with Crippen molar-refractivity contribution in [3.63, 3.8) is 0 Å². The number of hydrogen-bond acceptors (Lipinski definition) is 3. The molecule has 0 radical (unpaired) electrons. The molecule has 1 heterocycles. The van der Waals surface area contributed by atoms with E-state index in [9.17, 15) is 8.42 Å². The van der Waals surface area contributed by atoms with Gasteiger partial charge in [-0.1, -0.05) is 30.2 Å². The van der Waals surface area contributed by atoms with E-state index in [1.54, 1.807) is 12.1 Å². The number of benzene rings is 1. The molecule has 1 fully saturated rings. The van der Waals surface area contributed by atoms with E-state index in [4.69, 9.17) is 17.3 Å². The van der Waals surface area contributed by atoms with Gasteiger partial charge in [0.05, 0.1) is 0 Å². The summed E-state index contributed by atoms with van der Waals surface area (Å²) in [6.45, 7) is 1.16. The highest BCUT2D eigenvalue weighted by atomic mass is 35.5. The topological polar surface area (TPSA) is 75.4 Å². The van der Waals surface area contributed by atoms with Crippen LogP contribution >= 0.6 is 11.6 Å². The number of rotatable bonds is 5. The summed E-state index contributed by atoms with van der Waals surface area (Å²) in [5.41, 5.74) is 6.54. The molecule has 1 aliphatic heterocycles. The Kier molecular flexibility index (Phi) is 5.40.